The van der Waals surface area contributed by atoms with E-state index in [0.717, 1.165) is 5.56 Å². The maximum atomic E-state index is 11.6. The van der Waals surface area contributed by atoms with Crippen LogP contribution >= 0.6 is 0 Å². The number of hydrogen-bond acceptors (Lipinski definition) is 8. The van der Waals surface area contributed by atoms with Gasteiger partial charge in [0.2, 0.25) is 0 Å². The van der Waals surface area contributed by atoms with Crippen molar-refractivity contribution in [1.29, 1.82) is 0 Å². The topological polar surface area (TPSA) is 115 Å². The van der Waals surface area contributed by atoms with E-state index in [4.69, 9.17) is 18.9 Å². The fourth-order valence-electron chi connectivity index (χ4n) is 3.74. The molecule has 8 heteroatoms. The molecule has 2 aromatic rings. The number of aliphatic hydroxyl groups is 1. The Labute approximate surface area is 174 Å². The standard InChI is InChI=1S/C22H26O8/c1-13(23)30-12-22(26)16(8-14-4-6-17(24)19(9-14)27-2)11-29-21(22)15-5-7-18(25)20(10-15)28-3/h4-7,9-10,16,21,24-26H,8,11-12H2,1-3H3. The number of ether oxygens (including phenoxy) is 4. The number of benzene rings is 2. The molecule has 162 valence electrons. The summed E-state index contributed by atoms with van der Waals surface area (Å²) in [6.07, 6.45) is -0.393. The molecule has 8 nitrogen and oxygen atoms in total. The maximum absolute atomic E-state index is 11.6. The van der Waals surface area contributed by atoms with Crippen molar-refractivity contribution in [3.05, 3.63) is 47.5 Å². The van der Waals surface area contributed by atoms with E-state index in [1.165, 1.54) is 33.3 Å². The second-order valence-electron chi connectivity index (χ2n) is 7.32. The highest BCUT2D eigenvalue weighted by atomic mass is 16.6. The van der Waals surface area contributed by atoms with Crippen molar-refractivity contribution >= 4 is 5.97 Å². The van der Waals surface area contributed by atoms with Gasteiger partial charge in [-0.05, 0) is 41.8 Å². The summed E-state index contributed by atoms with van der Waals surface area (Å²) in [6.45, 7) is 1.24. The zero-order chi connectivity index (χ0) is 21.9. The molecule has 3 unspecified atom stereocenters. The van der Waals surface area contributed by atoms with E-state index in [9.17, 15) is 20.1 Å². The van der Waals surface area contributed by atoms with E-state index in [-0.39, 0.29) is 30.5 Å². The molecule has 0 aromatic heterocycles. The monoisotopic (exact) mass is 418 g/mol. The van der Waals surface area contributed by atoms with Crippen LogP contribution in [-0.4, -0.2) is 54.3 Å². The molecule has 30 heavy (non-hydrogen) atoms. The Kier molecular flexibility index (Phi) is 6.38. The van der Waals surface area contributed by atoms with Gasteiger partial charge < -0.3 is 34.3 Å². The number of carbonyl (C=O) groups is 1. The van der Waals surface area contributed by atoms with Crippen LogP contribution in [0.25, 0.3) is 0 Å². The van der Waals surface area contributed by atoms with E-state index < -0.39 is 23.6 Å². The second kappa shape index (κ2) is 8.81. The first-order chi connectivity index (χ1) is 14.3. The highest BCUT2D eigenvalue weighted by Gasteiger charge is 2.52. The van der Waals surface area contributed by atoms with Crippen LogP contribution < -0.4 is 9.47 Å². The molecule has 0 radical (unpaired) electrons. The SMILES string of the molecule is COc1cc(CC2COC(c3ccc(O)c(OC)c3)C2(O)COC(C)=O)ccc1O. The van der Waals surface area contributed by atoms with Crippen molar-refractivity contribution < 1.29 is 39.1 Å². The number of carbonyl (C=O) groups excluding carboxylic acids is 1. The van der Waals surface area contributed by atoms with Crippen LogP contribution in [0.4, 0.5) is 0 Å². The lowest BCUT2D eigenvalue weighted by molar-refractivity contribution is -0.156. The summed E-state index contributed by atoms with van der Waals surface area (Å²) >= 11 is 0. The fraction of sp³-hybridized carbons (Fsp3) is 0.409. The molecular weight excluding hydrogens is 392 g/mol. The molecular formula is C22H26O8. The molecule has 1 aliphatic heterocycles. The number of phenolic OH excluding ortho intramolecular Hbond substituents is 2. The minimum Gasteiger partial charge on any atom is -0.504 e. The molecule has 3 rings (SSSR count). The van der Waals surface area contributed by atoms with Crippen molar-refractivity contribution in [3.63, 3.8) is 0 Å². The minimum absolute atomic E-state index is 0.0214. The molecule has 1 heterocycles. The van der Waals surface area contributed by atoms with Crippen LogP contribution in [-0.2, 0) is 20.7 Å². The third-order valence-electron chi connectivity index (χ3n) is 5.36. The molecule has 0 aliphatic carbocycles. The average molecular weight is 418 g/mol. The van der Waals surface area contributed by atoms with Gasteiger partial charge in [0.25, 0.3) is 0 Å². The highest BCUT2D eigenvalue weighted by molar-refractivity contribution is 5.66. The molecule has 1 saturated heterocycles. The number of esters is 1. The molecule has 0 amide bonds. The van der Waals surface area contributed by atoms with Gasteiger partial charge in [0.15, 0.2) is 23.0 Å². The predicted molar refractivity (Wildman–Crippen MR) is 107 cm³/mol. The first kappa shape index (κ1) is 21.7. The first-order valence-electron chi connectivity index (χ1n) is 9.48. The summed E-state index contributed by atoms with van der Waals surface area (Å²) in [7, 11) is 2.89. The van der Waals surface area contributed by atoms with Crippen molar-refractivity contribution in [1.82, 2.24) is 0 Å². The number of aromatic hydroxyl groups is 2. The third-order valence-corrected chi connectivity index (χ3v) is 5.36. The Bertz CT molecular complexity index is 912. The normalized spacial score (nSPS) is 23.2. The average Bonchev–Trinajstić information content (AvgIpc) is 3.04. The fourth-order valence-corrected chi connectivity index (χ4v) is 3.74. The van der Waals surface area contributed by atoms with E-state index in [2.05, 4.69) is 0 Å². The van der Waals surface area contributed by atoms with Gasteiger partial charge in [-0.15, -0.1) is 0 Å². The Balaban J connectivity index is 1.92. The Morgan fingerprint density at radius 2 is 1.73 bits per heavy atom. The van der Waals surface area contributed by atoms with Gasteiger partial charge >= 0.3 is 5.97 Å². The lowest BCUT2D eigenvalue weighted by Gasteiger charge is -2.33. The molecule has 0 saturated carbocycles. The lowest BCUT2D eigenvalue weighted by Crippen LogP contribution is -2.45. The van der Waals surface area contributed by atoms with Crippen molar-refractivity contribution in [2.75, 3.05) is 27.4 Å². The van der Waals surface area contributed by atoms with Crippen molar-refractivity contribution in [2.45, 2.75) is 25.0 Å². The number of hydrogen-bond donors (Lipinski definition) is 3. The molecule has 0 spiro atoms. The number of rotatable bonds is 7. The van der Waals surface area contributed by atoms with Gasteiger partial charge in [-0.3, -0.25) is 4.79 Å². The summed E-state index contributed by atoms with van der Waals surface area (Å²) in [4.78, 5) is 11.4. The molecule has 3 N–H and O–H groups in total. The zero-order valence-electron chi connectivity index (χ0n) is 17.1. The predicted octanol–water partition coefficient (Wildman–Crippen LogP) is 2.34. The first-order valence-corrected chi connectivity index (χ1v) is 9.48. The third kappa shape index (κ3) is 4.29. The van der Waals surface area contributed by atoms with Crippen molar-refractivity contribution in [2.24, 2.45) is 5.92 Å². The summed E-state index contributed by atoms with van der Waals surface area (Å²) in [5.41, 5.74) is -0.104. The van der Waals surface area contributed by atoms with Crippen LogP contribution in [0.5, 0.6) is 23.0 Å². The molecule has 1 fully saturated rings. The second-order valence-corrected chi connectivity index (χ2v) is 7.32. The Morgan fingerprint density at radius 1 is 1.10 bits per heavy atom. The highest BCUT2D eigenvalue weighted by Crippen LogP contribution is 2.45. The van der Waals surface area contributed by atoms with Crippen LogP contribution in [0.2, 0.25) is 0 Å². The zero-order valence-corrected chi connectivity index (χ0v) is 17.1. The minimum atomic E-state index is -1.52. The van der Waals surface area contributed by atoms with Gasteiger partial charge in [-0.1, -0.05) is 12.1 Å². The van der Waals surface area contributed by atoms with Crippen LogP contribution in [0.15, 0.2) is 36.4 Å². The number of phenols is 2. The van der Waals surface area contributed by atoms with Gasteiger partial charge in [0.1, 0.15) is 18.3 Å². The lowest BCUT2D eigenvalue weighted by atomic mass is 9.80. The molecule has 0 bridgehead atoms. The van der Waals surface area contributed by atoms with Crippen LogP contribution in [0, 0.1) is 5.92 Å². The summed E-state index contributed by atoms with van der Waals surface area (Å²) in [5, 5.41) is 31.3. The van der Waals surface area contributed by atoms with E-state index in [0.29, 0.717) is 17.7 Å². The number of methoxy groups -OCH3 is 2. The van der Waals surface area contributed by atoms with Crippen molar-refractivity contribution in [3.8, 4) is 23.0 Å². The smallest absolute Gasteiger partial charge is 0.302 e. The van der Waals surface area contributed by atoms with Gasteiger partial charge in [-0.2, -0.15) is 0 Å². The Hall–Kier alpha value is -2.97. The Morgan fingerprint density at radius 3 is 2.37 bits per heavy atom. The van der Waals surface area contributed by atoms with Gasteiger partial charge in [-0.25, -0.2) is 0 Å². The molecule has 3 atom stereocenters. The van der Waals surface area contributed by atoms with E-state index >= 15 is 0 Å². The largest absolute Gasteiger partial charge is 0.504 e. The van der Waals surface area contributed by atoms with E-state index in [1.807, 2.05) is 0 Å². The molecule has 2 aromatic carbocycles. The summed E-state index contributed by atoms with van der Waals surface area (Å²) < 4.78 is 21.4. The van der Waals surface area contributed by atoms with Crippen LogP contribution in [0.3, 0.4) is 0 Å². The van der Waals surface area contributed by atoms with Crippen LogP contribution in [0.1, 0.15) is 24.2 Å². The van der Waals surface area contributed by atoms with Gasteiger partial charge in [0.05, 0.1) is 20.8 Å². The maximum Gasteiger partial charge on any atom is 0.302 e. The quantitative estimate of drug-likeness (QED) is 0.587. The van der Waals surface area contributed by atoms with E-state index in [1.54, 1.807) is 24.3 Å². The molecule has 1 aliphatic rings. The van der Waals surface area contributed by atoms with Gasteiger partial charge in [0, 0.05) is 12.8 Å². The summed E-state index contributed by atoms with van der Waals surface area (Å²) in [6, 6.07) is 9.64. The summed E-state index contributed by atoms with van der Waals surface area (Å²) in [5.74, 6) is -0.352.